The predicted molar refractivity (Wildman–Crippen MR) is 134 cm³/mol. The van der Waals surface area contributed by atoms with Gasteiger partial charge < -0.3 is 10.1 Å². The van der Waals surface area contributed by atoms with E-state index in [9.17, 15) is 14.9 Å². The number of amides is 1. The zero-order chi connectivity index (χ0) is 25.1. The van der Waals surface area contributed by atoms with E-state index in [1.165, 1.54) is 7.11 Å². The van der Waals surface area contributed by atoms with E-state index < -0.39 is 23.5 Å². The molecule has 0 saturated heterocycles. The number of carbonyl (C=O) groups is 2. The molecule has 0 spiro atoms. The van der Waals surface area contributed by atoms with Gasteiger partial charge in [0.25, 0.3) is 0 Å². The number of nitrogens with one attached hydrogen (secondary N) is 2. The summed E-state index contributed by atoms with van der Waals surface area (Å²) < 4.78 is 4.98. The first-order valence-corrected chi connectivity index (χ1v) is 11.9. The van der Waals surface area contributed by atoms with Crippen LogP contribution in [0.3, 0.4) is 0 Å². The fourth-order valence-corrected chi connectivity index (χ4v) is 4.25. The number of ether oxygens (including phenoxy) is 1. The summed E-state index contributed by atoms with van der Waals surface area (Å²) in [7, 11) is 1.34. The lowest BCUT2D eigenvalue weighted by Gasteiger charge is -2.31. The highest BCUT2D eigenvalue weighted by Gasteiger charge is 2.35. The summed E-state index contributed by atoms with van der Waals surface area (Å²) in [4.78, 5) is 25.5. The number of methoxy groups -OCH3 is 1. The third kappa shape index (κ3) is 6.68. The smallest absolute Gasteiger partial charge is 0.327 e. The van der Waals surface area contributed by atoms with Crippen LogP contribution in [0.15, 0.2) is 60.7 Å². The van der Waals surface area contributed by atoms with E-state index in [0.29, 0.717) is 19.4 Å². The molecule has 2 N–H and O–H groups in total. The quantitative estimate of drug-likeness (QED) is 0.356. The van der Waals surface area contributed by atoms with Gasteiger partial charge in [-0.05, 0) is 35.8 Å². The van der Waals surface area contributed by atoms with Crippen LogP contribution in [0.1, 0.15) is 57.7 Å². The van der Waals surface area contributed by atoms with Gasteiger partial charge >= 0.3 is 5.97 Å². The summed E-state index contributed by atoms with van der Waals surface area (Å²) in [5.41, 5.74) is 1.14. The molecule has 6 heteroatoms. The van der Waals surface area contributed by atoms with Crippen LogP contribution >= 0.6 is 0 Å². The maximum absolute atomic E-state index is 13.1. The highest BCUT2D eigenvalue weighted by molar-refractivity contribution is 5.84. The van der Waals surface area contributed by atoms with Crippen LogP contribution in [-0.2, 0) is 19.7 Å². The first-order chi connectivity index (χ1) is 16.3. The summed E-state index contributed by atoms with van der Waals surface area (Å²) >= 11 is 0. The molecule has 2 aromatic carbocycles. The molecule has 0 saturated carbocycles. The van der Waals surface area contributed by atoms with Crippen molar-refractivity contribution in [3.05, 3.63) is 71.8 Å². The van der Waals surface area contributed by atoms with Crippen LogP contribution in [0.25, 0.3) is 0 Å². The summed E-state index contributed by atoms with van der Waals surface area (Å²) in [5, 5.41) is 16.3. The molecule has 0 aromatic heterocycles. The fraction of sp³-hybridized carbons (Fsp3) is 0.464. The number of hydrogen-bond donors (Lipinski definition) is 2. The van der Waals surface area contributed by atoms with Crippen molar-refractivity contribution in [3.8, 4) is 6.07 Å². The zero-order valence-electron chi connectivity index (χ0n) is 20.9. The normalized spacial score (nSPS) is 14.6. The average molecular weight is 464 g/mol. The minimum atomic E-state index is -0.741. The van der Waals surface area contributed by atoms with E-state index >= 15 is 0 Å². The Morgan fingerprint density at radius 3 is 2.09 bits per heavy atom. The van der Waals surface area contributed by atoms with E-state index in [4.69, 9.17) is 4.74 Å². The van der Waals surface area contributed by atoms with E-state index in [1.807, 2.05) is 74.5 Å². The Balaban J connectivity index is 2.06. The Bertz CT molecular complexity index is 954. The van der Waals surface area contributed by atoms with Gasteiger partial charge in [-0.2, -0.15) is 5.26 Å². The molecule has 34 heavy (non-hydrogen) atoms. The van der Waals surface area contributed by atoms with Crippen molar-refractivity contribution in [2.75, 3.05) is 13.7 Å². The second-order valence-electron chi connectivity index (χ2n) is 9.25. The molecule has 6 nitrogen and oxygen atoms in total. The minimum absolute atomic E-state index is 0.0472. The third-order valence-corrected chi connectivity index (χ3v) is 6.39. The van der Waals surface area contributed by atoms with Gasteiger partial charge in [-0.15, -0.1) is 0 Å². The Labute approximate surface area is 203 Å². The molecule has 0 fully saturated rings. The average Bonchev–Trinajstić information content (AvgIpc) is 2.85. The van der Waals surface area contributed by atoms with Gasteiger partial charge in [-0.1, -0.05) is 88.4 Å². The second kappa shape index (κ2) is 12.9. The van der Waals surface area contributed by atoms with Crippen molar-refractivity contribution in [2.24, 2.45) is 11.8 Å². The summed E-state index contributed by atoms with van der Waals surface area (Å²) in [6, 6.07) is 20.3. The van der Waals surface area contributed by atoms with Crippen LogP contribution in [0.5, 0.6) is 0 Å². The number of nitrogens with zero attached hydrogens (tertiary/aromatic N) is 1. The SMILES string of the molecule is COC(=O)[C@@H](N[C@H](C(=O)NCCC[C@@](C#N)(c1ccccc1)C(C)C)C(C)C)c1ccccc1. The van der Waals surface area contributed by atoms with Crippen molar-refractivity contribution in [2.45, 2.75) is 58.0 Å². The van der Waals surface area contributed by atoms with Gasteiger partial charge in [0.05, 0.1) is 24.6 Å². The van der Waals surface area contributed by atoms with Gasteiger partial charge in [0.1, 0.15) is 6.04 Å². The number of esters is 1. The first-order valence-electron chi connectivity index (χ1n) is 11.9. The van der Waals surface area contributed by atoms with Crippen LogP contribution in [0, 0.1) is 23.2 Å². The van der Waals surface area contributed by atoms with Crippen molar-refractivity contribution >= 4 is 11.9 Å². The summed E-state index contributed by atoms with van der Waals surface area (Å²) in [6.45, 7) is 8.44. The van der Waals surface area contributed by atoms with Crippen molar-refractivity contribution in [1.29, 1.82) is 5.26 Å². The molecular weight excluding hydrogens is 426 g/mol. The molecule has 2 aromatic rings. The molecule has 0 aliphatic rings. The van der Waals surface area contributed by atoms with Crippen LogP contribution in [0.4, 0.5) is 0 Å². The van der Waals surface area contributed by atoms with Crippen LogP contribution in [-0.4, -0.2) is 31.6 Å². The summed E-state index contributed by atoms with van der Waals surface area (Å²) in [6.07, 6.45) is 1.30. The first kappa shape index (κ1) is 27.1. The Morgan fingerprint density at radius 1 is 1.00 bits per heavy atom. The number of nitriles is 1. The Morgan fingerprint density at radius 2 is 1.59 bits per heavy atom. The minimum Gasteiger partial charge on any atom is -0.468 e. The molecular formula is C28H37N3O3. The van der Waals surface area contributed by atoms with Crippen LogP contribution in [0.2, 0.25) is 0 Å². The number of carbonyl (C=O) groups excluding carboxylic acids is 2. The molecule has 0 aliphatic heterocycles. The molecule has 182 valence electrons. The molecule has 2 rings (SSSR count). The Hall–Kier alpha value is -3.17. The van der Waals surface area contributed by atoms with Crippen molar-refractivity contribution in [1.82, 2.24) is 10.6 Å². The van der Waals surface area contributed by atoms with E-state index in [-0.39, 0.29) is 17.7 Å². The lowest BCUT2D eigenvalue weighted by Crippen LogP contribution is -2.50. The fourth-order valence-electron chi connectivity index (χ4n) is 4.25. The number of rotatable bonds is 12. The molecule has 3 atom stereocenters. The highest BCUT2D eigenvalue weighted by Crippen LogP contribution is 2.36. The third-order valence-electron chi connectivity index (χ3n) is 6.39. The molecule has 0 aliphatic carbocycles. The number of hydrogen-bond acceptors (Lipinski definition) is 5. The van der Waals surface area contributed by atoms with Gasteiger partial charge in [0, 0.05) is 6.54 Å². The topological polar surface area (TPSA) is 91.2 Å². The largest absolute Gasteiger partial charge is 0.468 e. The Kier molecular flexibility index (Phi) is 10.3. The zero-order valence-corrected chi connectivity index (χ0v) is 20.9. The molecule has 1 amide bonds. The monoisotopic (exact) mass is 463 g/mol. The standard InChI is InChI=1S/C28H37N3O3/c1-20(2)24(31-25(27(33)34-5)22-13-8-6-9-14-22)26(32)30-18-12-17-28(19-29,21(3)4)23-15-10-7-11-16-23/h6-11,13-16,20-21,24-25,31H,12,17-18H2,1-5H3,(H,30,32)/t24-,25-,28-/m0/s1. The highest BCUT2D eigenvalue weighted by atomic mass is 16.5. The molecule has 0 heterocycles. The van der Waals surface area contributed by atoms with Crippen molar-refractivity contribution in [3.63, 3.8) is 0 Å². The van der Waals surface area contributed by atoms with Crippen molar-refractivity contribution < 1.29 is 14.3 Å². The number of benzene rings is 2. The van der Waals surface area contributed by atoms with Gasteiger partial charge in [-0.3, -0.25) is 10.1 Å². The van der Waals surface area contributed by atoms with Gasteiger partial charge in [-0.25, -0.2) is 4.79 Å². The van der Waals surface area contributed by atoms with Crippen LogP contribution < -0.4 is 10.6 Å². The predicted octanol–water partition coefficient (Wildman–Crippen LogP) is 4.53. The summed E-state index contributed by atoms with van der Waals surface area (Å²) in [5.74, 6) is -0.531. The lowest BCUT2D eigenvalue weighted by molar-refractivity contribution is -0.144. The molecule has 0 bridgehead atoms. The second-order valence-corrected chi connectivity index (χ2v) is 9.25. The maximum atomic E-state index is 13.1. The van der Waals surface area contributed by atoms with Gasteiger partial charge in [0.15, 0.2) is 0 Å². The molecule has 0 unspecified atom stereocenters. The van der Waals surface area contributed by atoms with E-state index in [1.54, 1.807) is 0 Å². The maximum Gasteiger partial charge on any atom is 0.327 e. The van der Waals surface area contributed by atoms with E-state index in [2.05, 4.69) is 30.6 Å². The lowest BCUT2D eigenvalue weighted by atomic mass is 9.70. The molecule has 0 radical (unpaired) electrons. The van der Waals surface area contributed by atoms with Gasteiger partial charge in [0.2, 0.25) is 5.91 Å². The van der Waals surface area contributed by atoms with E-state index in [0.717, 1.165) is 11.1 Å².